The summed E-state index contributed by atoms with van der Waals surface area (Å²) in [4.78, 5) is 10.3. The number of rotatable bonds is 2. The highest BCUT2D eigenvalue weighted by molar-refractivity contribution is 5.90. The van der Waals surface area contributed by atoms with E-state index in [1.807, 2.05) is 6.92 Å². The van der Waals surface area contributed by atoms with Crippen molar-refractivity contribution in [2.24, 2.45) is 0 Å². The Kier molecular flexibility index (Phi) is 1.01. The summed E-state index contributed by atoms with van der Waals surface area (Å²) < 4.78 is 9.28. The molecule has 0 saturated carbocycles. The molecule has 8 heavy (non-hydrogen) atoms. The fourth-order valence-electron chi connectivity index (χ4n) is 0.610. The van der Waals surface area contributed by atoms with Gasteiger partial charge in [0.25, 0.3) is 0 Å². The Morgan fingerprint density at radius 3 is 2.38 bits per heavy atom. The predicted octanol–water partition coefficient (Wildman–Crippen LogP) is 0.296. The molecule has 3 heteroatoms. The Morgan fingerprint density at radius 1 is 1.88 bits per heavy atom. The molecule has 0 spiro atoms. The molecule has 0 amide bonds. The lowest BCUT2D eigenvalue weighted by Gasteiger charge is -1.97. The van der Waals surface area contributed by atoms with E-state index in [2.05, 4.69) is 4.74 Å². The largest absolute Gasteiger partial charge is 0.416 e. The van der Waals surface area contributed by atoms with Gasteiger partial charge in [0.15, 0.2) is 0 Å². The molecule has 1 heterocycles. The van der Waals surface area contributed by atoms with Crippen LogP contribution >= 0.6 is 0 Å². The van der Waals surface area contributed by atoms with Crippen molar-refractivity contribution in [1.82, 2.24) is 0 Å². The molecule has 1 atom stereocenters. The van der Waals surface area contributed by atoms with Gasteiger partial charge in [-0.1, -0.05) is 6.92 Å². The van der Waals surface area contributed by atoms with Crippen LogP contribution in [0.3, 0.4) is 0 Å². The highest BCUT2D eigenvalue weighted by atomic mass is 16.8. The molecular formula is C5H8O3. The lowest BCUT2D eigenvalue weighted by molar-refractivity contribution is -0.118. The molecule has 1 rings (SSSR count). The van der Waals surface area contributed by atoms with Crippen LogP contribution in [0.15, 0.2) is 0 Å². The van der Waals surface area contributed by atoms with Gasteiger partial charge in [-0.2, -0.15) is 0 Å². The second-order valence-electron chi connectivity index (χ2n) is 1.70. The Hall–Kier alpha value is -0.570. The van der Waals surface area contributed by atoms with Gasteiger partial charge in [0, 0.05) is 13.5 Å². The molecular weight excluding hydrogens is 108 g/mol. The first-order valence-corrected chi connectivity index (χ1v) is 2.54. The van der Waals surface area contributed by atoms with Crippen LogP contribution in [0.2, 0.25) is 0 Å². The van der Waals surface area contributed by atoms with Gasteiger partial charge in [0.1, 0.15) is 0 Å². The van der Waals surface area contributed by atoms with Gasteiger partial charge in [-0.05, 0) is 0 Å². The zero-order valence-corrected chi connectivity index (χ0v) is 4.93. The van der Waals surface area contributed by atoms with Crippen molar-refractivity contribution >= 4 is 5.97 Å². The average Bonchev–Trinajstić information content (AvgIpc) is 2.43. The highest BCUT2D eigenvalue weighted by Gasteiger charge is 2.57. The van der Waals surface area contributed by atoms with E-state index >= 15 is 0 Å². The topological polar surface area (TPSA) is 38.8 Å². The van der Waals surface area contributed by atoms with Crippen molar-refractivity contribution in [1.29, 1.82) is 0 Å². The zero-order valence-electron chi connectivity index (χ0n) is 4.93. The van der Waals surface area contributed by atoms with E-state index in [0.717, 1.165) is 0 Å². The number of methoxy groups -OCH3 is 1. The third kappa shape index (κ3) is 0.512. The standard InChI is InChI=1S/C5H8O3/c1-3-5(7-2)4(6)8-5/h3H2,1-2H3. The number of ether oxygens (including phenoxy) is 2. The Balaban J connectivity index is 2.52. The van der Waals surface area contributed by atoms with Crippen molar-refractivity contribution < 1.29 is 14.3 Å². The number of epoxide rings is 1. The van der Waals surface area contributed by atoms with Gasteiger partial charge in [-0.3, -0.25) is 0 Å². The molecule has 0 aromatic rings. The van der Waals surface area contributed by atoms with E-state index in [0.29, 0.717) is 6.42 Å². The first-order chi connectivity index (χ1) is 3.75. The van der Waals surface area contributed by atoms with E-state index < -0.39 is 5.79 Å². The molecule has 46 valence electrons. The maximum Gasteiger partial charge on any atom is 0.382 e. The number of carbonyl (C=O) groups is 1. The molecule has 1 unspecified atom stereocenters. The van der Waals surface area contributed by atoms with E-state index in [9.17, 15) is 4.79 Å². The SMILES string of the molecule is CCC1(OC)OC1=O. The van der Waals surface area contributed by atoms with Crippen molar-refractivity contribution in [3.8, 4) is 0 Å². The summed E-state index contributed by atoms with van der Waals surface area (Å²) in [5.74, 6) is -1.09. The summed E-state index contributed by atoms with van der Waals surface area (Å²) in [6.45, 7) is 1.84. The normalized spacial score (nSPS) is 34.5. The smallest absolute Gasteiger partial charge is 0.382 e. The molecule has 0 aliphatic carbocycles. The van der Waals surface area contributed by atoms with Crippen LogP contribution in [0.1, 0.15) is 13.3 Å². The summed E-state index contributed by atoms with van der Waals surface area (Å²) in [6.07, 6.45) is 0.600. The Labute approximate surface area is 47.6 Å². The quantitative estimate of drug-likeness (QED) is 0.487. The van der Waals surface area contributed by atoms with Crippen LogP contribution in [-0.4, -0.2) is 18.9 Å². The van der Waals surface area contributed by atoms with Crippen LogP contribution in [0.25, 0.3) is 0 Å². The van der Waals surface area contributed by atoms with Gasteiger partial charge in [-0.15, -0.1) is 0 Å². The van der Waals surface area contributed by atoms with Crippen LogP contribution in [0, 0.1) is 0 Å². The van der Waals surface area contributed by atoms with Crippen molar-refractivity contribution in [3.63, 3.8) is 0 Å². The minimum atomic E-state index is -0.847. The number of cyclic esters (lactones) is 1. The fraction of sp³-hybridized carbons (Fsp3) is 0.800. The summed E-state index contributed by atoms with van der Waals surface area (Å²) in [6, 6.07) is 0. The highest BCUT2D eigenvalue weighted by Crippen LogP contribution is 2.32. The van der Waals surface area contributed by atoms with Crippen LogP contribution < -0.4 is 0 Å². The maximum absolute atomic E-state index is 10.3. The summed E-state index contributed by atoms with van der Waals surface area (Å²) >= 11 is 0. The summed E-state index contributed by atoms with van der Waals surface area (Å²) in [7, 11) is 1.47. The van der Waals surface area contributed by atoms with Gasteiger partial charge < -0.3 is 9.47 Å². The summed E-state index contributed by atoms with van der Waals surface area (Å²) in [5.41, 5.74) is 0. The minimum Gasteiger partial charge on any atom is -0.416 e. The minimum absolute atomic E-state index is 0.248. The first kappa shape index (κ1) is 5.56. The van der Waals surface area contributed by atoms with Crippen LogP contribution in [-0.2, 0) is 14.3 Å². The Morgan fingerprint density at radius 2 is 2.38 bits per heavy atom. The monoisotopic (exact) mass is 116 g/mol. The lowest BCUT2D eigenvalue weighted by atomic mass is 10.3. The molecule has 1 aliphatic rings. The predicted molar refractivity (Wildman–Crippen MR) is 26.1 cm³/mol. The van der Waals surface area contributed by atoms with E-state index in [1.54, 1.807) is 0 Å². The van der Waals surface area contributed by atoms with E-state index in [-0.39, 0.29) is 5.97 Å². The Bertz CT molecular complexity index is 115. The van der Waals surface area contributed by atoms with Gasteiger partial charge in [0.2, 0.25) is 0 Å². The van der Waals surface area contributed by atoms with Crippen LogP contribution in [0.4, 0.5) is 0 Å². The summed E-state index contributed by atoms with van der Waals surface area (Å²) in [5, 5.41) is 0. The first-order valence-electron chi connectivity index (χ1n) is 2.54. The second-order valence-corrected chi connectivity index (χ2v) is 1.70. The molecule has 0 bridgehead atoms. The van der Waals surface area contributed by atoms with E-state index in [1.165, 1.54) is 7.11 Å². The fourth-order valence-corrected chi connectivity index (χ4v) is 0.610. The number of carbonyl (C=O) groups excluding carboxylic acids is 1. The van der Waals surface area contributed by atoms with Crippen LogP contribution in [0.5, 0.6) is 0 Å². The molecule has 1 saturated heterocycles. The lowest BCUT2D eigenvalue weighted by Crippen LogP contribution is -2.13. The van der Waals surface area contributed by atoms with Gasteiger partial charge in [0.05, 0.1) is 0 Å². The zero-order chi connectivity index (χ0) is 6.20. The average molecular weight is 116 g/mol. The van der Waals surface area contributed by atoms with E-state index in [4.69, 9.17) is 4.74 Å². The number of hydrogen-bond acceptors (Lipinski definition) is 3. The second kappa shape index (κ2) is 1.45. The van der Waals surface area contributed by atoms with Gasteiger partial charge in [-0.25, -0.2) is 4.79 Å². The molecule has 1 fully saturated rings. The third-order valence-electron chi connectivity index (χ3n) is 1.32. The maximum atomic E-state index is 10.3. The van der Waals surface area contributed by atoms with Crippen molar-refractivity contribution in [2.45, 2.75) is 19.1 Å². The van der Waals surface area contributed by atoms with Crippen molar-refractivity contribution in [3.05, 3.63) is 0 Å². The molecule has 0 aromatic heterocycles. The van der Waals surface area contributed by atoms with Crippen molar-refractivity contribution in [2.75, 3.05) is 7.11 Å². The third-order valence-corrected chi connectivity index (χ3v) is 1.32. The molecule has 0 aromatic carbocycles. The molecule has 0 N–H and O–H groups in total. The molecule has 0 radical (unpaired) electrons. The molecule has 3 nitrogen and oxygen atoms in total. The number of hydrogen-bond donors (Lipinski definition) is 0. The van der Waals surface area contributed by atoms with Gasteiger partial charge >= 0.3 is 11.8 Å². The molecule has 1 aliphatic heterocycles.